The molecule has 0 unspecified atom stereocenters. The molecule has 2 aromatic heterocycles. The SMILES string of the molecule is c1ccc(-c2ccc(-c3ccc(N(c4ccc(-c5ccc6sc7ccccc7c6c5)cc4)c4cccc(-c5cccc6oc7c8ccccc8ccc7c56)c4)cc3)cc2)cc1. The maximum Gasteiger partial charge on any atom is 0.143 e. The van der Waals surface area contributed by atoms with Crippen LogP contribution in [0.25, 0.3) is 97.4 Å². The Morgan fingerprint density at radius 3 is 1.66 bits per heavy atom. The topological polar surface area (TPSA) is 16.4 Å². The van der Waals surface area contributed by atoms with Crippen molar-refractivity contribution in [3.8, 4) is 44.5 Å². The third-order valence-electron chi connectivity index (χ3n) is 12.1. The van der Waals surface area contributed by atoms with Crippen LogP contribution in [-0.4, -0.2) is 0 Å². The first-order valence-corrected chi connectivity index (χ1v) is 21.5. The van der Waals surface area contributed by atoms with Gasteiger partial charge in [0.15, 0.2) is 0 Å². The molecule has 0 radical (unpaired) electrons. The lowest BCUT2D eigenvalue weighted by molar-refractivity contribution is 0.673. The van der Waals surface area contributed by atoms with Gasteiger partial charge in [0.1, 0.15) is 11.2 Å². The zero-order chi connectivity index (χ0) is 40.3. The Labute approximate surface area is 357 Å². The minimum Gasteiger partial charge on any atom is -0.455 e. The molecule has 0 saturated heterocycles. The Bertz CT molecular complexity index is 3560. The lowest BCUT2D eigenvalue weighted by atomic mass is 9.97. The first-order valence-electron chi connectivity index (χ1n) is 20.7. The number of fused-ring (bicyclic) bond motifs is 8. The summed E-state index contributed by atoms with van der Waals surface area (Å²) in [7, 11) is 0. The van der Waals surface area contributed by atoms with Crippen LogP contribution in [0, 0.1) is 0 Å². The van der Waals surface area contributed by atoms with Gasteiger partial charge in [-0.15, -0.1) is 11.3 Å². The maximum atomic E-state index is 6.60. The monoisotopic (exact) mass is 795 g/mol. The van der Waals surface area contributed by atoms with Crippen LogP contribution in [0.15, 0.2) is 229 Å². The predicted octanol–water partition coefficient (Wildman–Crippen LogP) is 17.2. The van der Waals surface area contributed by atoms with Crippen molar-refractivity contribution in [1.82, 2.24) is 0 Å². The molecule has 0 aliphatic rings. The van der Waals surface area contributed by atoms with Crippen molar-refractivity contribution in [2.75, 3.05) is 4.90 Å². The van der Waals surface area contributed by atoms with Crippen molar-refractivity contribution in [3.63, 3.8) is 0 Å². The molecule has 0 aliphatic carbocycles. The van der Waals surface area contributed by atoms with Gasteiger partial charge in [-0.1, -0.05) is 158 Å². The van der Waals surface area contributed by atoms with Gasteiger partial charge in [-0.2, -0.15) is 0 Å². The van der Waals surface area contributed by atoms with Crippen LogP contribution in [0.2, 0.25) is 0 Å². The fraction of sp³-hybridized carbons (Fsp3) is 0. The van der Waals surface area contributed by atoms with Crippen molar-refractivity contribution in [2.45, 2.75) is 0 Å². The maximum absolute atomic E-state index is 6.60. The van der Waals surface area contributed by atoms with E-state index in [0.29, 0.717) is 0 Å². The standard InChI is InChI=1S/C58H37NOS/c1-2-10-38(11-3-1)39-20-22-40(23-21-39)41-24-30-46(31-25-41)59(47-32-26-42(27-33-47)44-29-35-56-53(37-44)51-16-6-7-19-55(51)61-56)48-14-8-13-45(36-48)49-17-9-18-54-57(49)52-34-28-43-12-4-5-15-50(43)58(52)60-54/h1-37H. The number of hydrogen-bond acceptors (Lipinski definition) is 3. The molecule has 61 heavy (non-hydrogen) atoms. The summed E-state index contributed by atoms with van der Waals surface area (Å²) in [4.78, 5) is 2.37. The molecule has 0 amide bonds. The van der Waals surface area contributed by atoms with E-state index in [1.165, 1.54) is 58.9 Å². The Morgan fingerprint density at radius 2 is 0.902 bits per heavy atom. The Kier molecular flexibility index (Phi) is 8.39. The van der Waals surface area contributed by atoms with Crippen molar-refractivity contribution < 1.29 is 4.42 Å². The number of furan rings is 1. The molecule has 0 aliphatic heterocycles. The molecule has 12 aromatic rings. The molecular weight excluding hydrogens is 759 g/mol. The lowest BCUT2D eigenvalue weighted by Gasteiger charge is -2.26. The van der Waals surface area contributed by atoms with E-state index in [9.17, 15) is 0 Å². The Morgan fingerprint density at radius 1 is 0.328 bits per heavy atom. The second-order valence-corrected chi connectivity index (χ2v) is 16.8. The van der Waals surface area contributed by atoms with Gasteiger partial charge in [0.2, 0.25) is 0 Å². The van der Waals surface area contributed by atoms with Crippen LogP contribution in [0.3, 0.4) is 0 Å². The lowest BCUT2D eigenvalue weighted by Crippen LogP contribution is -2.10. The van der Waals surface area contributed by atoms with E-state index < -0.39 is 0 Å². The van der Waals surface area contributed by atoms with Gasteiger partial charge >= 0.3 is 0 Å². The first-order chi connectivity index (χ1) is 30.2. The molecule has 0 atom stereocenters. The molecule has 0 saturated carbocycles. The third kappa shape index (κ3) is 6.18. The van der Waals surface area contributed by atoms with Gasteiger partial charge < -0.3 is 9.32 Å². The Hall–Kier alpha value is -7.72. The molecule has 0 fully saturated rings. The summed E-state index contributed by atoms with van der Waals surface area (Å²) in [6.07, 6.45) is 0. The highest BCUT2D eigenvalue weighted by atomic mass is 32.1. The van der Waals surface area contributed by atoms with E-state index in [2.05, 4.69) is 229 Å². The van der Waals surface area contributed by atoms with Gasteiger partial charge in [-0.25, -0.2) is 0 Å². The van der Waals surface area contributed by atoms with E-state index in [4.69, 9.17) is 4.42 Å². The summed E-state index contributed by atoms with van der Waals surface area (Å²) in [6, 6.07) is 81.1. The Balaban J connectivity index is 0.953. The van der Waals surface area contributed by atoms with E-state index >= 15 is 0 Å². The van der Waals surface area contributed by atoms with Crippen LogP contribution in [0.1, 0.15) is 0 Å². The third-order valence-corrected chi connectivity index (χ3v) is 13.2. The van der Waals surface area contributed by atoms with Gasteiger partial charge in [-0.3, -0.25) is 0 Å². The zero-order valence-electron chi connectivity index (χ0n) is 33.1. The first kappa shape index (κ1) is 35.2. The number of nitrogens with zero attached hydrogens (tertiary/aromatic N) is 1. The smallest absolute Gasteiger partial charge is 0.143 e. The molecule has 10 aromatic carbocycles. The van der Waals surface area contributed by atoms with E-state index in [1.807, 2.05) is 11.3 Å². The van der Waals surface area contributed by atoms with Crippen molar-refractivity contribution in [3.05, 3.63) is 224 Å². The summed E-state index contributed by atoms with van der Waals surface area (Å²) in [6.45, 7) is 0. The number of anilines is 3. The average Bonchev–Trinajstić information content (AvgIpc) is 3.91. The number of thiophene rings is 1. The molecule has 0 bridgehead atoms. The normalized spacial score (nSPS) is 11.6. The van der Waals surface area contributed by atoms with Gasteiger partial charge in [0.25, 0.3) is 0 Å². The molecule has 286 valence electrons. The quantitative estimate of drug-likeness (QED) is 0.160. The highest BCUT2D eigenvalue weighted by Crippen LogP contribution is 2.43. The van der Waals surface area contributed by atoms with Gasteiger partial charge in [0.05, 0.1) is 0 Å². The minimum absolute atomic E-state index is 0.891. The largest absolute Gasteiger partial charge is 0.455 e. The summed E-state index contributed by atoms with van der Waals surface area (Å²) in [5.41, 5.74) is 14.5. The van der Waals surface area contributed by atoms with Crippen LogP contribution < -0.4 is 4.90 Å². The van der Waals surface area contributed by atoms with Gasteiger partial charge in [-0.05, 0) is 117 Å². The number of rotatable bonds is 7. The molecule has 12 rings (SSSR count). The second kappa shape index (κ2) is 14.5. The molecule has 0 spiro atoms. The molecular formula is C58H37NOS. The molecule has 3 heteroatoms. The highest BCUT2D eigenvalue weighted by Gasteiger charge is 2.18. The summed E-state index contributed by atoms with van der Waals surface area (Å²) < 4.78 is 9.24. The zero-order valence-corrected chi connectivity index (χ0v) is 33.9. The van der Waals surface area contributed by atoms with E-state index in [0.717, 1.165) is 55.5 Å². The van der Waals surface area contributed by atoms with Crippen LogP contribution in [0.4, 0.5) is 17.1 Å². The number of benzene rings is 10. The molecule has 2 heterocycles. The molecule has 0 N–H and O–H groups in total. The van der Waals surface area contributed by atoms with Crippen molar-refractivity contribution in [2.24, 2.45) is 0 Å². The fourth-order valence-electron chi connectivity index (χ4n) is 9.05. The predicted molar refractivity (Wildman–Crippen MR) is 261 cm³/mol. The van der Waals surface area contributed by atoms with Crippen LogP contribution in [0.5, 0.6) is 0 Å². The van der Waals surface area contributed by atoms with E-state index in [-0.39, 0.29) is 0 Å². The highest BCUT2D eigenvalue weighted by molar-refractivity contribution is 7.25. The second-order valence-electron chi connectivity index (χ2n) is 15.7. The number of hydrogen-bond donors (Lipinski definition) is 0. The minimum atomic E-state index is 0.891. The van der Waals surface area contributed by atoms with Gasteiger partial charge in [0, 0.05) is 53.4 Å². The average molecular weight is 796 g/mol. The molecule has 2 nitrogen and oxygen atoms in total. The van der Waals surface area contributed by atoms with Crippen molar-refractivity contribution >= 4 is 81.3 Å². The fourth-order valence-corrected chi connectivity index (χ4v) is 10.1. The van der Waals surface area contributed by atoms with Crippen LogP contribution in [-0.2, 0) is 0 Å². The van der Waals surface area contributed by atoms with Crippen molar-refractivity contribution in [1.29, 1.82) is 0 Å². The summed E-state index contributed by atoms with van der Waals surface area (Å²) in [5.74, 6) is 0. The van der Waals surface area contributed by atoms with E-state index in [1.54, 1.807) is 0 Å². The summed E-state index contributed by atoms with van der Waals surface area (Å²) in [5, 5.41) is 7.19. The summed E-state index contributed by atoms with van der Waals surface area (Å²) >= 11 is 1.86. The van der Waals surface area contributed by atoms with Crippen LogP contribution >= 0.6 is 11.3 Å².